The van der Waals surface area contributed by atoms with Crippen LogP contribution in [0.15, 0.2) is 36.4 Å². The van der Waals surface area contributed by atoms with E-state index in [1.54, 1.807) is 17.0 Å². The van der Waals surface area contributed by atoms with Gasteiger partial charge in [0.15, 0.2) is 0 Å². The predicted molar refractivity (Wildman–Crippen MR) is 114 cm³/mol. The van der Waals surface area contributed by atoms with Gasteiger partial charge in [0, 0.05) is 10.6 Å². The number of benzene rings is 1. The number of amides is 1. The van der Waals surface area contributed by atoms with E-state index in [0.29, 0.717) is 5.69 Å². The summed E-state index contributed by atoms with van der Waals surface area (Å²) < 4.78 is 10.9. The highest BCUT2D eigenvalue weighted by molar-refractivity contribution is 7.13. The average Bonchev–Trinajstić information content (AvgIpc) is 3.35. The van der Waals surface area contributed by atoms with Crippen molar-refractivity contribution >= 4 is 29.1 Å². The van der Waals surface area contributed by atoms with Gasteiger partial charge in [-0.3, -0.25) is 4.90 Å². The van der Waals surface area contributed by atoms with E-state index in [2.05, 4.69) is 6.92 Å². The first-order chi connectivity index (χ1) is 14.5. The van der Waals surface area contributed by atoms with E-state index in [9.17, 15) is 14.7 Å². The van der Waals surface area contributed by atoms with Crippen molar-refractivity contribution < 1.29 is 29.3 Å². The summed E-state index contributed by atoms with van der Waals surface area (Å²) in [5, 5.41) is 19.3. The molecule has 0 spiro atoms. The van der Waals surface area contributed by atoms with E-state index < -0.39 is 18.2 Å². The fourth-order valence-electron chi connectivity index (χ4n) is 3.38. The molecule has 162 valence electrons. The molecule has 1 saturated heterocycles. The maximum atomic E-state index is 12.2. The molecule has 0 saturated carbocycles. The highest BCUT2D eigenvalue weighted by Gasteiger charge is 2.34. The second-order valence-corrected chi connectivity index (χ2v) is 8.46. The number of aromatic carboxylic acids is 1. The maximum absolute atomic E-state index is 12.2. The summed E-state index contributed by atoms with van der Waals surface area (Å²) in [6, 6.07) is 10.3. The quantitative estimate of drug-likeness (QED) is 0.503. The van der Waals surface area contributed by atoms with Gasteiger partial charge in [-0.1, -0.05) is 38.3 Å². The van der Waals surface area contributed by atoms with Crippen LogP contribution in [0.1, 0.15) is 58.8 Å². The summed E-state index contributed by atoms with van der Waals surface area (Å²) in [6.07, 6.45) is 2.98. The molecule has 1 aromatic heterocycles. The van der Waals surface area contributed by atoms with Gasteiger partial charge in [-0.15, -0.1) is 11.3 Å². The Morgan fingerprint density at radius 2 is 2.03 bits per heavy atom. The fourth-order valence-corrected chi connectivity index (χ4v) is 4.16. The van der Waals surface area contributed by atoms with Gasteiger partial charge < -0.3 is 19.7 Å². The highest BCUT2D eigenvalue weighted by atomic mass is 32.1. The van der Waals surface area contributed by atoms with E-state index in [1.807, 2.05) is 24.3 Å². The van der Waals surface area contributed by atoms with Crippen LogP contribution in [0.4, 0.5) is 10.5 Å². The second-order valence-electron chi connectivity index (χ2n) is 7.29. The molecular weight excluding hydrogens is 406 g/mol. The minimum Gasteiger partial charge on any atom is -0.477 e. The molecule has 1 amide bonds. The van der Waals surface area contributed by atoms with Gasteiger partial charge in [-0.25, -0.2) is 9.59 Å². The zero-order valence-corrected chi connectivity index (χ0v) is 17.8. The number of aliphatic hydroxyl groups excluding tert-OH is 1. The summed E-state index contributed by atoms with van der Waals surface area (Å²) in [7, 11) is 0. The van der Waals surface area contributed by atoms with Crippen LogP contribution in [-0.4, -0.2) is 41.5 Å². The Labute approximate surface area is 179 Å². The Hall–Kier alpha value is -2.42. The molecule has 8 heteroatoms. The molecule has 2 heterocycles. The number of ether oxygens (including phenoxy) is 2. The highest BCUT2D eigenvalue weighted by Crippen LogP contribution is 2.27. The second kappa shape index (κ2) is 10.6. The Morgan fingerprint density at radius 3 is 2.70 bits per heavy atom. The summed E-state index contributed by atoms with van der Waals surface area (Å²) >= 11 is 1.17. The molecule has 0 aliphatic carbocycles. The molecule has 2 atom stereocenters. The molecule has 1 unspecified atom stereocenters. The van der Waals surface area contributed by atoms with Gasteiger partial charge in [0.05, 0.1) is 25.4 Å². The van der Waals surface area contributed by atoms with Crippen molar-refractivity contribution in [2.24, 2.45) is 0 Å². The number of carboxylic acid groups (broad SMARTS) is 1. The van der Waals surface area contributed by atoms with E-state index >= 15 is 0 Å². The van der Waals surface area contributed by atoms with E-state index in [1.165, 1.54) is 11.3 Å². The number of thiophene rings is 1. The number of unbranched alkanes of at least 4 members (excludes halogenated alkanes) is 2. The van der Waals surface area contributed by atoms with Gasteiger partial charge in [-0.2, -0.15) is 0 Å². The van der Waals surface area contributed by atoms with E-state index in [4.69, 9.17) is 14.6 Å². The maximum Gasteiger partial charge on any atom is 0.414 e. The van der Waals surface area contributed by atoms with Crippen LogP contribution < -0.4 is 4.90 Å². The van der Waals surface area contributed by atoms with Crippen LogP contribution in [0, 0.1) is 0 Å². The third-order valence-corrected chi connectivity index (χ3v) is 6.07. The van der Waals surface area contributed by atoms with Crippen LogP contribution in [0.5, 0.6) is 0 Å². The van der Waals surface area contributed by atoms with Crippen LogP contribution in [-0.2, 0) is 16.1 Å². The topological polar surface area (TPSA) is 96.3 Å². The minimum absolute atomic E-state index is 0.227. The minimum atomic E-state index is -0.953. The first-order valence-electron chi connectivity index (χ1n) is 10.1. The summed E-state index contributed by atoms with van der Waals surface area (Å²) in [5.74, 6) is -0.953. The number of carbonyl (C=O) groups is 2. The zero-order chi connectivity index (χ0) is 21.5. The number of carboxylic acids is 1. The SMILES string of the molecule is CCCCC[C@H](O)c1ccc(N2C(=O)OCC2COCc2ccc(C(=O)O)s2)cc1. The molecular formula is C22H27NO6S. The van der Waals surface area contributed by atoms with Crippen LogP contribution >= 0.6 is 11.3 Å². The fraction of sp³-hybridized carbons (Fsp3) is 0.455. The van der Waals surface area contributed by atoms with Gasteiger partial charge in [0.1, 0.15) is 11.5 Å². The molecule has 1 aliphatic heterocycles. The zero-order valence-electron chi connectivity index (χ0n) is 17.0. The standard InChI is InChI=1S/C22H27NO6S/c1-2-3-4-5-19(24)15-6-8-16(9-7-15)23-17(13-29-22(23)27)12-28-14-18-10-11-20(30-18)21(25)26/h6-11,17,19,24H,2-5,12-14H2,1H3,(H,25,26)/t17?,19-/m0/s1. The Kier molecular flexibility index (Phi) is 7.84. The lowest BCUT2D eigenvalue weighted by molar-refractivity contribution is 0.0702. The summed E-state index contributed by atoms with van der Waals surface area (Å²) in [6.45, 7) is 2.90. The van der Waals surface area contributed by atoms with Gasteiger partial charge in [-0.05, 0) is 36.2 Å². The van der Waals surface area contributed by atoms with Crippen molar-refractivity contribution in [3.05, 3.63) is 51.7 Å². The number of hydrogen-bond acceptors (Lipinski definition) is 6. The molecule has 1 aliphatic rings. The Balaban J connectivity index is 1.56. The summed E-state index contributed by atoms with van der Waals surface area (Å²) in [5.41, 5.74) is 1.53. The Bertz CT molecular complexity index is 850. The molecule has 2 N–H and O–H groups in total. The van der Waals surface area contributed by atoms with E-state index in [0.717, 1.165) is 36.1 Å². The monoisotopic (exact) mass is 433 g/mol. The van der Waals surface area contributed by atoms with Gasteiger partial charge in [0.2, 0.25) is 0 Å². The molecule has 0 radical (unpaired) electrons. The number of rotatable bonds is 11. The first-order valence-corrected chi connectivity index (χ1v) is 10.9. The normalized spacial score (nSPS) is 17.2. The third-order valence-electron chi connectivity index (χ3n) is 5.03. The smallest absolute Gasteiger partial charge is 0.414 e. The molecule has 30 heavy (non-hydrogen) atoms. The van der Waals surface area contributed by atoms with Crippen molar-refractivity contribution in [2.45, 2.75) is 51.4 Å². The van der Waals surface area contributed by atoms with Crippen molar-refractivity contribution in [3.63, 3.8) is 0 Å². The Morgan fingerprint density at radius 1 is 1.27 bits per heavy atom. The summed E-state index contributed by atoms with van der Waals surface area (Å²) in [4.78, 5) is 25.8. The molecule has 2 aromatic rings. The van der Waals surface area contributed by atoms with Crippen LogP contribution in [0.25, 0.3) is 0 Å². The number of cyclic esters (lactones) is 1. The van der Waals surface area contributed by atoms with Crippen molar-refractivity contribution in [1.82, 2.24) is 0 Å². The number of hydrogen-bond donors (Lipinski definition) is 2. The number of anilines is 1. The van der Waals surface area contributed by atoms with E-state index in [-0.39, 0.29) is 30.7 Å². The van der Waals surface area contributed by atoms with Crippen molar-refractivity contribution in [1.29, 1.82) is 0 Å². The molecule has 0 bridgehead atoms. The van der Waals surface area contributed by atoms with Gasteiger partial charge >= 0.3 is 12.1 Å². The van der Waals surface area contributed by atoms with Crippen molar-refractivity contribution in [3.8, 4) is 0 Å². The van der Waals surface area contributed by atoms with Crippen LogP contribution in [0.3, 0.4) is 0 Å². The number of carbonyl (C=O) groups excluding carboxylic acids is 1. The lowest BCUT2D eigenvalue weighted by Crippen LogP contribution is -2.36. The number of nitrogens with zero attached hydrogens (tertiary/aromatic N) is 1. The predicted octanol–water partition coefficient (Wildman–Crippen LogP) is 4.60. The number of aliphatic hydroxyl groups is 1. The van der Waals surface area contributed by atoms with Crippen LogP contribution in [0.2, 0.25) is 0 Å². The third kappa shape index (κ3) is 5.59. The lowest BCUT2D eigenvalue weighted by Gasteiger charge is -2.22. The van der Waals surface area contributed by atoms with Gasteiger partial charge in [0.25, 0.3) is 0 Å². The molecule has 7 nitrogen and oxygen atoms in total. The molecule has 1 aromatic carbocycles. The molecule has 3 rings (SSSR count). The van der Waals surface area contributed by atoms with Crippen molar-refractivity contribution in [2.75, 3.05) is 18.1 Å². The largest absolute Gasteiger partial charge is 0.477 e. The molecule has 1 fully saturated rings. The average molecular weight is 434 g/mol. The first kappa shape index (κ1) is 22.3. The lowest BCUT2D eigenvalue weighted by atomic mass is 10.0.